The van der Waals surface area contributed by atoms with Crippen molar-refractivity contribution in [2.45, 2.75) is 20.8 Å². The summed E-state index contributed by atoms with van der Waals surface area (Å²) in [6.45, 7) is 5.91. The number of ether oxygens (including phenoxy) is 1. The molecule has 0 spiro atoms. The Morgan fingerprint density at radius 2 is 1.59 bits per heavy atom. The van der Waals surface area contributed by atoms with Crippen LogP contribution in [0.15, 0.2) is 42.6 Å². The molecule has 0 saturated carbocycles. The van der Waals surface area contributed by atoms with Gasteiger partial charge >= 0.3 is 5.97 Å². The lowest BCUT2D eigenvalue weighted by Gasteiger charge is -2.10. The quantitative estimate of drug-likeness (QED) is 0.250. The molecule has 5 nitrogen and oxygen atoms in total. The zero-order valence-corrected chi connectivity index (χ0v) is 18.8. The van der Waals surface area contributed by atoms with Crippen LogP contribution < -0.4 is 0 Å². The standard InChI is InChI=1S/C27H21F2N3O2/c1-4-34-27(33)25-13(3)21-12(2)24-22(17-8-6-15(29)10-20(17)31-24)23(26(21)32-25)18-11-30-19-9-14(28)5-7-16(18)19/h5-11,30-32H,4H2,1-3H3. The topological polar surface area (TPSA) is 73.7 Å². The van der Waals surface area contributed by atoms with Gasteiger partial charge in [-0.1, -0.05) is 0 Å². The van der Waals surface area contributed by atoms with Crippen molar-refractivity contribution in [2.24, 2.45) is 0 Å². The molecule has 7 heteroatoms. The van der Waals surface area contributed by atoms with Gasteiger partial charge < -0.3 is 19.7 Å². The van der Waals surface area contributed by atoms with Gasteiger partial charge in [0.15, 0.2) is 0 Å². The molecule has 0 radical (unpaired) electrons. The van der Waals surface area contributed by atoms with Crippen molar-refractivity contribution in [3.63, 3.8) is 0 Å². The molecule has 3 aromatic heterocycles. The maximum atomic E-state index is 14.1. The number of esters is 1. The Bertz CT molecular complexity index is 1790. The van der Waals surface area contributed by atoms with Crippen molar-refractivity contribution in [1.82, 2.24) is 15.0 Å². The van der Waals surface area contributed by atoms with Crippen LogP contribution >= 0.6 is 0 Å². The highest BCUT2D eigenvalue weighted by molar-refractivity contribution is 6.25. The molecular formula is C27H21F2N3O2. The molecule has 0 aliphatic rings. The monoisotopic (exact) mass is 457 g/mol. The predicted octanol–water partition coefficient (Wildman–Crippen LogP) is 7.02. The van der Waals surface area contributed by atoms with Crippen LogP contribution in [0.2, 0.25) is 0 Å². The number of halogens is 2. The minimum atomic E-state index is -0.418. The number of fused-ring (bicyclic) bond motifs is 5. The summed E-state index contributed by atoms with van der Waals surface area (Å²) in [6, 6.07) is 9.30. The molecule has 0 amide bonds. The Morgan fingerprint density at radius 1 is 0.882 bits per heavy atom. The van der Waals surface area contributed by atoms with Crippen LogP contribution in [-0.4, -0.2) is 27.5 Å². The molecule has 0 unspecified atom stereocenters. The third-order valence-corrected chi connectivity index (χ3v) is 6.65. The first-order valence-electron chi connectivity index (χ1n) is 11.1. The summed E-state index contributed by atoms with van der Waals surface area (Å²) in [5, 5.41) is 3.50. The highest BCUT2D eigenvalue weighted by Crippen LogP contribution is 2.45. The molecule has 0 aliphatic heterocycles. The molecule has 3 heterocycles. The number of nitrogens with one attached hydrogen (secondary N) is 3. The lowest BCUT2D eigenvalue weighted by Crippen LogP contribution is -2.06. The molecule has 170 valence electrons. The van der Waals surface area contributed by atoms with E-state index in [2.05, 4.69) is 15.0 Å². The van der Waals surface area contributed by atoms with E-state index in [-0.39, 0.29) is 18.2 Å². The maximum absolute atomic E-state index is 14.1. The Balaban J connectivity index is 1.84. The molecule has 34 heavy (non-hydrogen) atoms. The van der Waals surface area contributed by atoms with Crippen LogP contribution in [-0.2, 0) is 4.74 Å². The summed E-state index contributed by atoms with van der Waals surface area (Å²) in [5.41, 5.74) is 6.81. The highest BCUT2D eigenvalue weighted by atomic mass is 19.1. The molecule has 0 fully saturated rings. The van der Waals surface area contributed by atoms with Crippen molar-refractivity contribution < 1.29 is 18.3 Å². The lowest BCUT2D eigenvalue weighted by molar-refractivity contribution is 0.0519. The van der Waals surface area contributed by atoms with E-state index in [1.54, 1.807) is 19.1 Å². The average Bonchev–Trinajstić information content (AvgIpc) is 3.48. The SMILES string of the molecule is CCOC(=O)c1[nH]c2c(-c3c[nH]c4cc(F)ccc34)c3c([nH]c4cc(F)ccc43)c(C)c2c1C. The summed E-state index contributed by atoms with van der Waals surface area (Å²) in [5.74, 6) is -1.08. The number of hydrogen-bond acceptors (Lipinski definition) is 2. The third-order valence-electron chi connectivity index (χ3n) is 6.65. The van der Waals surface area contributed by atoms with Gasteiger partial charge in [-0.3, -0.25) is 0 Å². The van der Waals surface area contributed by atoms with Crippen LogP contribution in [0, 0.1) is 25.5 Å². The van der Waals surface area contributed by atoms with E-state index in [1.807, 2.05) is 20.0 Å². The lowest BCUT2D eigenvalue weighted by atomic mass is 9.93. The van der Waals surface area contributed by atoms with E-state index in [1.165, 1.54) is 24.3 Å². The smallest absolute Gasteiger partial charge is 0.355 e. The molecule has 0 atom stereocenters. The van der Waals surface area contributed by atoms with Gasteiger partial charge in [0.1, 0.15) is 17.3 Å². The van der Waals surface area contributed by atoms with E-state index in [0.717, 1.165) is 54.8 Å². The number of carbonyl (C=O) groups is 1. The second-order valence-electron chi connectivity index (χ2n) is 8.55. The minimum absolute atomic E-state index is 0.268. The van der Waals surface area contributed by atoms with Crippen molar-refractivity contribution in [2.75, 3.05) is 6.61 Å². The molecule has 6 rings (SSSR count). The Morgan fingerprint density at radius 3 is 2.32 bits per heavy atom. The van der Waals surface area contributed by atoms with Gasteiger partial charge in [0.2, 0.25) is 0 Å². The predicted molar refractivity (Wildman–Crippen MR) is 130 cm³/mol. The number of hydrogen-bond donors (Lipinski definition) is 3. The van der Waals surface area contributed by atoms with E-state index in [9.17, 15) is 13.6 Å². The van der Waals surface area contributed by atoms with Crippen LogP contribution in [0.25, 0.3) is 54.7 Å². The van der Waals surface area contributed by atoms with Crippen LogP contribution in [0.3, 0.4) is 0 Å². The van der Waals surface area contributed by atoms with Gasteiger partial charge in [0.05, 0.1) is 17.6 Å². The normalized spacial score (nSPS) is 11.9. The first-order valence-corrected chi connectivity index (χ1v) is 11.1. The number of benzene rings is 3. The van der Waals surface area contributed by atoms with E-state index < -0.39 is 5.97 Å². The van der Waals surface area contributed by atoms with Crippen molar-refractivity contribution in [1.29, 1.82) is 0 Å². The molecule has 0 aliphatic carbocycles. The zero-order valence-electron chi connectivity index (χ0n) is 18.8. The Labute approximate surface area is 192 Å². The van der Waals surface area contributed by atoms with Crippen molar-refractivity contribution in [3.8, 4) is 11.1 Å². The number of rotatable bonds is 3. The number of aromatic nitrogens is 3. The first-order chi connectivity index (χ1) is 16.4. The van der Waals surface area contributed by atoms with Crippen LogP contribution in [0.4, 0.5) is 8.78 Å². The number of H-pyrrole nitrogens is 3. The second-order valence-corrected chi connectivity index (χ2v) is 8.55. The van der Waals surface area contributed by atoms with E-state index in [4.69, 9.17) is 4.74 Å². The van der Waals surface area contributed by atoms with Gasteiger partial charge in [-0.2, -0.15) is 0 Å². The molecular weight excluding hydrogens is 436 g/mol. The van der Waals surface area contributed by atoms with E-state index in [0.29, 0.717) is 16.7 Å². The molecule has 3 aromatic carbocycles. The van der Waals surface area contributed by atoms with Crippen LogP contribution in [0.1, 0.15) is 28.5 Å². The molecule has 3 N–H and O–H groups in total. The Hall–Kier alpha value is -4.13. The van der Waals surface area contributed by atoms with Gasteiger partial charge in [0, 0.05) is 49.9 Å². The summed E-state index contributed by atoms with van der Waals surface area (Å²) < 4.78 is 33.3. The fourth-order valence-corrected chi connectivity index (χ4v) is 5.19. The minimum Gasteiger partial charge on any atom is -0.461 e. The largest absolute Gasteiger partial charge is 0.461 e. The summed E-state index contributed by atoms with van der Waals surface area (Å²) in [7, 11) is 0. The summed E-state index contributed by atoms with van der Waals surface area (Å²) in [6.07, 6.45) is 1.84. The number of aryl methyl sites for hydroxylation is 2. The first kappa shape index (κ1) is 20.5. The number of carbonyl (C=O) groups excluding carboxylic acids is 1. The molecule has 0 bridgehead atoms. The van der Waals surface area contributed by atoms with Gasteiger partial charge in [0.25, 0.3) is 0 Å². The van der Waals surface area contributed by atoms with Gasteiger partial charge in [-0.05, 0) is 68.3 Å². The maximum Gasteiger partial charge on any atom is 0.355 e. The van der Waals surface area contributed by atoms with Gasteiger partial charge in [-0.15, -0.1) is 0 Å². The van der Waals surface area contributed by atoms with Crippen LogP contribution in [0.5, 0.6) is 0 Å². The third kappa shape index (κ3) is 2.73. The molecule has 0 saturated heterocycles. The average molecular weight is 457 g/mol. The van der Waals surface area contributed by atoms with Crippen molar-refractivity contribution >= 4 is 49.6 Å². The highest BCUT2D eigenvalue weighted by Gasteiger charge is 2.25. The summed E-state index contributed by atoms with van der Waals surface area (Å²) in [4.78, 5) is 22.6. The fourth-order valence-electron chi connectivity index (χ4n) is 5.19. The zero-order chi connectivity index (χ0) is 23.7. The Kier molecular flexibility index (Phi) is 4.33. The van der Waals surface area contributed by atoms with E-state index >= 15 is 0 Å². The van der Waals surface area contributed by atoms with Crippen molar-refractivity contribution in [3.05, 3.63) is 71.1 Å². The summed E-state index contributed by atoms with van der Waals surface area (Å²) >= 11 is 0. The molecule has 6 aromatic rings. The fraction of sp³-hybridized carbons (Fsp3) is 0.148. The second kappa shape index (κ2) is 7.18. The van der Waals surface area contributed by atoms with Gasteiger partial charge in [-0.25, -0.2) is 13.6 Å². The number of aromatic amines is 3.